The van der Waals surface area contributed by atoms with Gasteiger partial charge in [-0.05, 0) is 0 Å². The van der Waals surface area contributed by atoms with Crippen LogP contribution in [0, 0.1) is 0 Å². The molecule has 0 saturated carbocycles. The van der Waals surface area contributed by atoms with Gasteiger partial charge in [-0.15, -0.1) is 0 Å². The van der Waals surface area contributed by atoms with Gasteiger partial charge in [-0.3, -0.25) is 4.57 Å². The number of guanidine groups is 1. The molecule has 1 fully saturated rings. The van der Waals surface area contributed by atoms with E-state index >= 15 is 0 Å². The predicted molar refractivity (Wildman–Crippen MR) is 106 cm³/mol. The molecule has 0 bridgehead atoms. The molecular weight excluding hydrogens is 412 g/mol. The lowest BCUT2D eigenvalue weighted by Crippen LogP contribution is -2.52. The molecule has 16 heteroatoms. The van der Waals surface area contributed by atoms with Crippen molar-refractivity contribution in [3.05, 3.63) is 18.3 Å². The molecule has 0 aliphatic carbocycles. The van der Waals surface area contributed by atoms with E-state index in [4.69, 9.17) is 27.7 Å². The van der Waals surface area contributed by atoms with E-state index in [9.17, 15) is 15.3 Å². The molecule has 5 atom stereocenters. The number of anilines is 2. The molecule has 31 heavy (non-hydrogen) atoms. The summed E-state index contributed by atoms with van der Waals surface area (Å²) in [6.45, 7) is -0.466. The fourth-order valence-corrected chi connectivity index (χ4v) is 3.74. The van der Waals surface area contributed by atoms with Crippen LogP contribution in [-0.2, 0) is 4.74 Å². The lowest BCUT2D eigenvalue weighted by Gasteiger charge is -2.32. The number of aliphatic hydroxyl groups excluding tert-OH is 3. The average Bonchev–Trinajstić information content (AvgIpc) is 3.40. The zero-order valence-electron chi connectivity index (χ0n) is 15.9. The van der Waals surface area contributed by atoms with E-state index in [1.165, 1.54) is 26.9 Å². The Hall–Kier alpha value is -3.57. The van der Waals surface area contributed by atoms with Crippen molar-refractivity contribution in [3.63, 3.8) is 0 Å². The molecule has 0 radical (unpaired) electrons. The number of rotatable bonds is 3. The number of hydrogen-bond acceptors (Lipinski definition) is 14. The van der Waals surface area contributed by atoms with Crippen molar-refractivity contribution in [2.75, 3.05) is 23.1 Å². The van der Waals surface area contributed by atoms with Crippen LogP contribution in [0.3, 0.4) is 0 Å². The maximum atomic E-state index is 10.3. The SMILES string of the molecule is NC1=Nc2c(ncn2[C@@H]2O[C@H](CO)C(O)C2O)C(N)N1n1cnc2c(N)nc(N)nc21. The highest BCUT2D eigenvalue weighted by Gasteiger charge is 2.45. The first kappa shape index (κ1) is 19.4. The Morgan fingerprint density at radius 3 is 2.55 bits per heavy atom. The van der Waals surface area contributed by atoms with Crippen molar-refractivity contribution in [3.8, 4) is 0 Å². The number of nitrogen functional groups attached to an aromatic ring is 2. The average molecular weight is 432 g/mol. The second-order valence-corrected chi connectivity index (χ2v) is 7.08. The van der Waals surface area contributed by atoms with Crippen LogP contribution >= 0.6 is 0 Å². The number of aliphatic imine (C=N–C) groups is 1. The normalized spacial score (nSPS) is 28.2. The molecular formula is C15H20N12O4. The summed E-state index contributed by atoms with van der Waals surface area (Å²) in [4.78, 5) is 20.8. The van der Waals surface area contributed by atoms with E-state index < -0.39 is 37.3 Å². The summed E-state index contributed by atoms with van der Waals surface area (Å²) in [7, 11) is 0. The summed E-state index contributed by atoms with van der Waals surface area (Å²) >= 11 is 0. The van der Waals surface area contributed by atoms with E-state index in [-0.39, 0.29) is 29.2 Å². The summed E-state index contributed by atoms with van der Waals surface area (Å²) in [5, 5.41) is 31.1. The van der Waals surface area contributed by atoms with Crippen LogP contribution in [0.1, 0.15) is 18.1 Å². The molecule has 3 aromatic rings. The van der Waals surface area contributed by atoms with E-state index in [0.29, 0.717) is 11.2 Å². The molecule has 5 rings (SSSR count). The molecule has 3 unspecified atom stereocenters. The van der Waals surface area contributed by atoms with Gasteiger partial charge in [0.25, 0.3) is 0 Å². The van der Waals surface area contributed by atoms with Gasteiger partial charge in [-0.1, -0.05) is 0 Å². The molecule has 16 nitrogen and oxygen atoms in total. The zero-order chi connectivity index (χ0) is 22.0. The van der Waals surface area contributed by atoms with Crippen molar-refractivity contribution in [2.45, 2.75) is 30.7 Å². The Balaban J connectivity index is 1.56. The molecule has 0 amide bonds. The molecule has 3 aromatic heterocycles. The molecule has 0 aromatic carbocycles. The maximum Gasteiger partial charge on any atom is 0.224 e. The van der Waals surface area contributed by atoms with Crippen LogP contribution in [0.15, 0.2) is 17.6 Å². The number of aliphatic hydroxyl groups is 3. The number of aromatic nitrogens is 6. The van der Waals surface area contributed by atoms with Gasteiger partial charge in [0.1, 0.15) is 36.5 Å². The maximum absolute atomic E-state index is 10.3. The van der Waals surface area contributed by atoms with Gasteiger partial charge in [0, 0.05) is 0 Å². The number of ether oxygens (including phenoxy) is 1. The Bertz CT molecular complexity index is 1190. The van der Waals surface area contributed by atoms with Gasteiger partial charge in [-0.2, -0.15) is 15.0 Å². The van der Waals surface area contributed by atoms with E-state index in [1.54, 1.807) is 0 Å². The van der Waals surface area contributed by atoms with Gasteiger partial charge in [0.2, 0.25) is 11.9 Å². The van der Waals surface area contributed by atoms with Gasteiger partial charge in [0.05, 0.1) is 12.9 Å². The fraction of sp³-hybridized carbons (Fsp3) is 0.400. The highest BCUT2D eigenvalue weighted by Crippen LogP contribution is 2.37. The Morgan fingerprint density at radius 2 is 1.84 bits per heavy atom. The molecule has 11 N–H and O–H groups in total. The van der Waals surface area contributed by atoms with Crippen LogP contribution in [-0.4, -0.2) is 75.4 Å². The number of imidazole rings is 2. The van der Waals surface area contributed by atoms with Crippen molar-refractivity contribution in [2.24, 2.45) is 16.5 Å². The third kappa shape index (κ3) is 2.70. The number of fused-ring (bicyclic) bond motifs is 2. The van der Waals surface area contributed by atoms with E-state index in [2.05, 4.69) is 24.9 Å². The first-order valence-corrected chi connectivity index (χ1v) is 9.16. The summed E-state index contributed by atoms with van der Waals surface area (Å²) in [5.74, 6) is 0.233. The van der Waals surface area contributed by atoms with Gasteiger partial charge >= 0.3 is 0 Å². The minimum absolute atomic E-state index is 0.0384. The summed E-state index contributed by atoms with van der Waals surface area (Å²) in [5.41, 5.74) is 25.0. The Kier molecular flexibility index (Phi) is 4.21. The second kappa shape index (κ2) is 6.72. The van der Waals surface area contributed by atoms with Crippen LogP contribution in [0.25, 0.3) is 11.2 Å². The van der Waals surface area contributed by atoms with Crippen molar-refractivity contribution < 1.29 is 20.1 Å². The topological polar surface area (TPSA) is 251 Å². The van der Waals surface area contributed by atoms with Crippen molar-refractivity contribution in [1.82, 2.24) is 29.2 Å². The lowest BCUT2D eigenvalue weighted by atomic mass is 10.1. The second-order valence-electron chi connectivity index (χ2n) is 7.08. The smallest absolute Gasteiger partial charge is 0.224 e. The van der Waals surface area contributed by atoms with E-state index in [1.807, 2.05) is 0 Å². The molecule has 5 heterocycles. The summed E-state index contributed by atoms with van der Waals surface area (Å²) < 4.78 is 8.38. The van der Waals surface area contributed by atoms with Crippen LogP contribution in [0.2, 0.25) is 0 Å². The fourth-order valence-electron chi connectivity index (χ4n) is 3.74. The minimum atomic E-state index is -1.32. The standard InChI is InChI=1S/C15H20N12O4/c16-9-5-12(23-14(18)22-9)26(3-21-5)27-10(17)6-11(24-15(27)19)25(2-20-6)13-8(30)7(29)4(1-28)31-13/h2-4,7-8,10,13,28-30H,1,17H2,(H2,19,24)(H4,16,18,22,23)/t4-,7?,8?,10?,13-/m1/s1. The number of nitrogens with zero attached hydrogens (tertiary/aromatic N) is 8. The summed E-state index contributed by atoms with van der Waals surface area (Å²) in [6.07, 6.45) is -2.78. The zero-order valence-corrected chi connectivity index (χ0v) is 15.9. The summed E-state index contributed by atoms with van der Waals surface area (Å²) in [6, 6.07) is 0. The van der Waals surface area contributed by atoms with Gasteiger partial charge in [-0.25, -0.2) is 19.7 Å². The molecule has 2 aliphatic heterocycles. The molecule has 0 spiro atoms. The van der Waals surface area contributed by atoms with Gasteiger partial charge < -0.3 is 43.0 Å². The van der Waals surface area contributed by atoms with E-state index in [0.717, 1.165) is 0 Å². The predicted octanol–water partition coefficient (Wildman–Crippen LogP) is -3.65. The molecule has 1 saturated heterocycles. The third-order valence-corrected chi connectivity index (χ3v) is 5.24. The molecule has 164 valence electrons. The first-order valence-electron chi connectivity index (χ1n) is 9.16. The van der Waals surface area contributed by atoms with Crippen molar-refractivity contribution >= 4 is 34.7 Å². The quantitative estimate of drug-likeness (QED) is 0.211. The number of hydrogen-bond donors (Lipinski definition) is 7. The molecule has 2 aliphatic rings. The monoisotopic (exact) mass is 432 g/mol. The minimum Gasteiger partial charge on any atom is -0.394 e. The number of nitrogens with two attached hydrogens (primary N) is 4. The van der Waals surface area contributed by atoms with Crippen LogP contribution < -0.4 is 27.9 Å². The lowest BCUT2D eigenvalue weighted by molar-refractivity contribution is -0.0520. The largest absolute Gasteiger partial charge is 0.394 e. The third-order valence-electron chi connectivity index (χ3n) is 5.24. The first-order chi connectivity index (χ1) is 14.8. The Labute approximate surface area is 173 Å². The van der Waals surface area contributed by atoms with Crippen LogP contribution in [0.4, 0.5) is 17.6 Å². The van der Waals surface area contributed by atoms with Crippen LogP contribution in [0.5, 0.6) is 0 Å². The van der Waals surface area contributed by atoms with Gasteiger partial charge in [0.15, 0.2) is 29.0 Å². The van der Waals surface area contributed by atoms with Crippen molar-refractivity contribution in [1.29, 1.82) is 0 Å². The highest BCUT2D eigenvalue weighted by atomic mass is 16.6. The Morgan fingerprint density at radius 1 is 1.06 bits per heavy atom. The highest BCUT2D eigenvalue weighted by molar-refractivity contribution is 5.94.